The molecular weight excluding hydrogens is 307 g/mol. The van der Waals surface area contributed by atoms with Gasteiger partial charge < -0.3 is 23.5 Å². The molecule has 0 aliphatic carbocycles. The van der Waals surface area contributed by atoms with Gasteiger partial charge in [0, 0.05) is 11.9 Å². The van der Waals surface area contributed by atoms with Crippen LogP contribution in [-0.2, 0) is 37.9 Å². The molecule has 1 saturated heterocycles. The molecule has 0 aromatic rings. The summed E-state index contributed by atoms with van der Waals surface area (Å²) in [6, 6.07) is 0. The highest BCUT2D eigenvalue weighted by molar-refractivity contribution is 6.47. The van der Waals surface area contributed by atoms with E-state index in [-0.39, 0.29) is 19.5 Å². The van der Waals surface area contributed by atoms with Gasteiger partial charge in [-0.15, -0.1) is 0 Å². The van der Waals surface area contributed by atoms with Crippen LogP contribution >= 0.6 is 0 Å². The van der Waals surface area contributed by atoms with Gasteiger partial charge in [-0.2, -0.15) is 0 Å². The number of hydrogen-bond acceptors (Lipinski definition) is 8. The Labute approximate surface area is 135 Å². The summed E-state index contributed by atoms with van der Waals surface area (Å²) in [4.78, 5) is 35.4. The lowest BCUT2D eigenvalue weighted by Crippen LogP contribution is -2.39. The zero-order valence-electron chi connectivity index (χ0n) is 13.7. The quantitative estimate of drug-likeness (QED) is 0.288. The standard InChI is InChI=1S/C14H21BO8/c1-5-9(12(16)19-4)8-15-22-10(13(17)20-6-2)11(23-15)14(18)21-7-3/h5,10-11H,6-8H2,1-4H3/b9-5+/t10-,11-/m1/s1. The molecule has 0 spiro atoms. The van der Waals surface area contributed by atoms with Crippen LogP contribution in [-0.4, -0.2) is 57.6 Å². The van der Waals surface area contributed by atoms with Crippen molar-refractivity contribution in [1.29, 1.82) is 0 Å². The van der Waals surface area contributed by atoms with Crippen LogP contribution in [0.3, 0.4) is 0 Å². The molecule has 0 unspecified atom stereocenters. The van der Waals surface area contributed by atoms with Crippen molar-refractivity contribution in [2.24, 2.45) is 0 Å². The van der Waals surface area contributed by atoms with Crippen LogP contribution in [0.1, 0.15) is 20.8 Å². The minimum absolute atomic E-state index is 0.0367. The number of hydrogen-bond donors (Lipinski definition) is 0. The molecule has 1 fully saturated rings. The summed E-state index contributed by atoms with van der Waals surface area (Å²) in [5, 5.41) is 0. The molecule has 0 aromatic carbocycles. The molecule has 9 heteroatoms. The minimum atomic E-state index is -1.23. The van der Waals surface area contributed by atoms with Crippen LogP contribution < -0.4 is 0 Å². The van der Waals surface area contributed by atoms with E-state index in [9.17, 15) is 14.4 Å². The number of methoxy groups -OCH3 is 1. The lowest BCUT2D eigenvalue weighted by Gasteiger charge is -2.15. The highest BCUT2D eigenvalue weighted by Crippen LogP contribution is 2.24. The molecule has 0 amide bonds. The third-order valence-electron chi connectivity index (χ3n) is 3.09. The van der Waals surface area contributed by atoms with Crippen molar-refractivity contribution < 1.29 is 37.9 Å². The van der Waals surface area contributed by atoms with Crippen LogP contribution in [0.5, 0.6) is 0 Å². The van der Waals surface area contributed by atoms with Gasteiger partial charge in [0.25, 0.3) is 0 Å². The molecule has 0 N–H and O–H groups in total. The Morgan fingerprint density at radius 2 is 1.52 bits per heavy atom. The Kier molecular flexibility index (Phi) is 7.77. The predicted molar refractivity (Wildman–Crippen MR) is 79.3 cm³/mol. The van der Waals surface area contributed by atoms with E-state index in [1.165, 1.54) is 7.11 Å². The van der Waals surface area contributed by atoms with Gasteiger partial charge >= 0.3 is 25.0 Å². The highest BCUT2D eigenvalue weighted by Gasteiger charge is 2.49. The van der Waals surface area contributed by atoms with E-state index in [0.29, 0.717) is 5.57 Å². The lowest BCUT2D eigenvalue weighted by atomic mass is 9.80. The van der Waals surface area contributed by atoms with Crippen molar-refractivity contribution >= 4 is 25.0 Å². The number of esters is 3. The van der Waals surface area contributed by atoms with Crippen LogP contribution in [0.25, 0.3) is 0 Å². The summed E-state index contributed by atoms with van der Waals surface area (Å²) in [6.07, 6.45) is -0.866. The lowest BCUT2D eigenvalue weighted by molar-refractivity contribution is -0.163. The minimum Gasteiger partial charge on any atom is -0.466 e. The second-order valence-electron chi connectivity index (χ2n) is 4.56. The van der Waals surface area contributed by atoms with E-state index in [4.69, 9.17) is 18.8 Å². The molecule has 23 heavy (non-hydrogen) atoms. The first-order valence-electron chi connectivity index (χ1n) is 7.36. The molecule has 128 valence electrons. The van der Waals surface area contributed by atoms with Crippen molar-refractivity contribution in [3.63, 3.8) is 0 Å². The fraction of sp³-hybridized carbons (Fsp3) is 0.643. The molecule has 2 atom stereocenters. The van der Waals surface area contributed by atoms with Crippen LogP contribution in [0.2, 0.25) is 6.32 Å². The molecule has 0 aromatic heterocycles. The Morgan fingerprint density at radius 1 is 1.04 bits per heavy atom. The largest absolute Gasteiger partial charge is 0.466 e. The van der Waals surface area contributed by atoms with Crippen LogP contribution in [0.15, 0.2) is 11.6 Å². The molecule has 1 aliphatic heterocycles. The van der Waals surface area contributed by atoms with Gasteiger partial charge in [-0.1, -0.05) is 6.08 Å². The van der Waals surface area contributed by atoms with E-state index in [0.717, 1.165) is 0 Å². The van der Waals surface area contributed by atoms with Gasteiger partial charge in [-0.05, 0) is 20.8 Å². The SMILES string of the molecule is C/C=C(\CB1O[C@@H](C(=O)OCC)[C@H](C(=O)OCC)O1)C(=O)OC. The normalized spacial score (nSPS) is 21.0. The second-order valence-corrected chi connectivity index (χ2v) is 4.56. The van der Waals surface area contributed by atoms with Gasteiger partial charge in [0.05, 0.1) is 20.3 Å². The first kappa shape index (κ1) is 19.2. The number of allylic oxidation sites excluding steroid dienone is 1. The zero-order valence-corrected chi connectivity index (χ0v) is 13.7. The molecule has 8 nitrogen and oxygen atoms in total. The smallest absolute Gasteiger partial charge is 0.463 e. The summed E-state index contributed by atoms with van der Waals surface area (Å²) in [6.45, 7) is 5.22. The van der Waals surface area contributed by atoms with Gasteiger partial charge in [-0.3, -0.25) is 0 Å². The van der Waals surface area contributed by atoms with Gasteiger partial charge in [0.15, 0.2) is 12.2 Å². The average Bonchev–Trinajstić information content (AvgIpc) is 2.96. The van der Waals surface area contributed by atoms with Crippen molar-refractivity contribution in [3.05, 3.63) is 11.6 Å². The summed E-state index contributed by atoms with van der Waals surface area (Å²) in [5.74, 6) is -1.96. The maximum absolute atomic E-state index is 11.9. The van der Waals surface area contributed by atoms with Gasteiger partial charge in [0.2, 0.25) is 0 Å². The number of rotatable bonds is 7. The first-order chi connectivity index (χ1) is 11.0. The summed E-state index contributed by atoms with van der Waals surface area (Å²) in [5.41, 5.74) is 0.310. The molecule has 0 radical (unpaired) electrons. The van der Waals surface area contributed by atoms with Crippen LogP contribution in [0.4, 0.5) is 0 Å². The van der Waals surface area contributed by atoms with E-state index in [2.05, 4.69) is 4.74 Å². The Balaban J connectivity index is 2.84. The Hall–Kier alpha value is -1.87. The summed E-state index contributed by atoms with van der Waals surface area (Å²) in [7, 11) is 0.300. The number of carbonyl (C=O) groups is 3. The monoisotopic (exact) mass is 328 g/mol. The summed E-state index contributed by atoms with van der Waals surface area (Å²) >= 11 is 0. The maximum atomic E-state index is 11.9. The Bertz CT molecular complexity index is 449. The Morgan fingerprint density at radius 3 is 1.87 bits per heavy atom. The predicted octanol–water partition coefficient (Wildman–Crippen LogP) is 0.504. The average molecular weight is 328 g/mol. The topological polar surface area (TPSA) is 97.4 Å². The van der Waals surface area contributed by atoms with Crippen molar-refractivity contribution in [1.82, 2.24) is 0 Å². The van der Waals surface area contributed by atoms with E-state index in [1.54, 1.807) is 26.8 Å². The van der Waals surface area contributed by atoms with Gasteiger partial charge in [0.1, 0.15) is 0 Å². The maximum Gasteiger partial charge on any atom is 0.463 e. The van der Waals surface area contributed by atoms with E-state index >= 15 is 0 Å². The van der Waals surface area contributed by atoms with E-state index in [1.807, 2.05) is 0 Å². The first-order valence-corrected chi connectivity index (χ1v) is 7.36. The zero-order chi connectivity index (χ0) is 17.4. The fourth-order valence-electron chi connectivity index (χ4n) is 2.03. The molecule has 1 rings (SSSR count). The molecule has 0 saturated carbocycles. The molecule has 0 bridgehead atoms. The highest BCUT2D eigenvalue weighted by atomic mass is 16.7. The number of carbonyl (C=O) groups excluding carboxylic acids is 3. The van der Waals surface area contributed by atoms with Gasteiger partial charge in [-0.25, -0.2) is 14.4 Å². The van der Waals surface area contributed by atoms with Crippen molar-refractivity contribution in [2.45, 2.75) is 39.3 Å². The van der Waals surface area contributed by atoms with Crippen LogP contribution in [0, 0.1) is 0 Å². The fourth-order valence-corrected chi connectivity index (χ4v) is 2.03. The molecule has 1 aliphatic rings. The third-order valence-corrected chi connectivity index (χ3v) is 3.09. The van der Waals surface area contributed by atoms with E-state index < -0.39 is 37.2 Å². The van der Waals surface area contributed by atoms with Crippen molar-refractivity contribution in [2.75, 3.05) is 20.3 Å². The third kappa shape index (κ3) is 5.07. The van der Waals surface area contributed by atoms with Crippen molar-refractivity contribution in [3.8, 4) is 0 Å². The second kappa shape index (κ2) is 9.31. The molecular formula is C14H21BO8. The molecule has 1 heterocycles. The summed E-state index contributed by atoms with van der Waals surface area (Å²) < 4.78 is 25.3. The number of ether oxygens (including phenoxy) is 3.